The van der Waals surface area contributed by atoms with E-state index in [1.165, 1.54) is 14.0 Å². The van der Waals surface area contributed by atoms with Gasteiger partial charge in [-0.25, -0.2) is 9.59 Å². The average molecular weight is 461 g/mol. The molecule has 0 N–H and O–H groups in total. The van der Waals surface area contributed by atoms with Gasteiger partial charge in [-0.05, 0) is 24.3 Å². The summed E-state index contributed by atoms with van der Waals surface area (Å²) in [5.74, 6) is -1.77. The van der Waals surface area contributed by atoms with Crippen LogP contribution in [0.1, 0.15) is 27.6 Å². The summed E-state index contributed by atoms with van der Waals surface area (Å²) < 4.78 is 27.6. The van der Waals surface area contributed by atoms with Crippen LogP contribution < -0.4 is 0 Å². The molecule has 0 spiro atoms. The zero-order chi connectivity index (χ0) is 23.1. The van der Waals surface area contributed by atoms with Gasteiger partial charge in [0.25, 0.3) is 0 Å². The summed E-state index contributed by atoms with van der Waals surface area (Å²) in [5, 5.41) is -0.776. The number of carbonyl (C=O) groups is 3. The Morgan fingerprint density at radius 2 is 1.38 bits per heavy atom. The summed E-state index contributed by atoms with van der Waals surface area (Å²) in [6.07, 6.45) is -4.01. The normalized spacial score (nSPS) is 24.9. The van der Waals surface area contributed by atoms with Crippen molar-refractivity contribution in [2.75, 3.05) is 13.7 Å². The molecule has 3 rings (SSSR count). The summed E-state index contributed by atoms with van der Waals surface area (Å²) in [7, 11) is 1.37. The second-order valence-electron chi connectivity index (χ2n) is 7.04. The first-order chi connectivity index (χ1) is 15.4. The molecule has 1 fully saturated rings. The van der Waals surface area contributed by atoms with Crippen LogP contribution in [0.25, 0.3) is 0 Å². The molecule has 1 aliphatic rings. The van der Waals surface area contributed by atoms with E-state index in [9.17, 15) is 14.4 Å². The molecule has 0 aliphatic carbocycles. The van der Waals surface area contributed by atoms with E-state index in [0.29, 0.717) is 11.1 Å². The molecule has 0 saturated carbocycles. The van der Waals surface area contributed by atoms with Gasteiger partial charge in [-0.1, -0.05) is 36.4 Å². The van der Waals surface area contributed by atoms with E-state index in [1.807, 2.05) is 0 Å². The third-order valence-corrected chi connectivity index (χ3v) is 5.43. The van der Waals surface area contributed by atoms with Crippen LogP contribution >= 0.6 is 12.6 Å². The second-order valence-corrected chi connectivity index (χ2v) is 7.64. The highest BCUT2D eigenvalue weighted by molar-refractivity contribution is 7.81. The molecule has 1 heterocycles. The maximum atomic E-state index is 12.8. The van der Waals surface area contributed by atoms with E-state index in [1.54, 1.807) is 60.7 Å². The number of esters is 3. The van der Waals surface area contributed by atoms with Crippen molar-refractivity contribution in [3.63, 3.8) is 0 Å². The molecule has 9 heteroatoms. The summed E-state index contributed by atoms with van der Waals surface area (Å²) in [6.45, 7) is 1.13. The van der Waals surface area contributed by atoms with Crippen LogP contribution in [0.2, 0.25) is 0 Å². The van der Waals surface area contributed by atoms with Crippen molar-refractivity contribution >= 4 is 30.5 Å². The van der Waals surface area contributed by atoms with Crippen LogP contribution in [0.4, 0.5) is 0 Å². The molecular weight excluding hydrogens is 436 g/mol. The lowest BCUT2D eigenvalue weighted by Crippen LogP contribution is -2.60. The first kappa shape index (κ1) is 23.8. The standard InChI is InChI=1S/C23H24O8S/c1-14(24)28-13-17-20(32)18(30-21(25)15-9-5-3-6-10-15)19(23(27-2)29-17)31-22(26)16-11-7-4-8-12-16/h3-12,17-20,23,32H,13H2,1-2H3/t17-,18-,19-,20-,23+/m1/s1. The Labute approximate surface area is 191 Å². The molecule has 0 unspecified atom stereocenters. The van der Waals surface area contributed by atoms with Crippen molar-refractivity contribution in [2.45, 2.75) is 36.8 Å². The predicted octanol–water partition coefficient (Wildman–Crippen LogP) is 2.67. The SMILES string of the molecule is CO[C@H]1O[C@H](COC(C)=O)[C@@H](S)[C@H](OC(=O)c2ccccc2)[C@H]1OC(=O)c1ccccc1. The third-order valence-electron chi connectivity index (χ3n) is 4.81. The first-order valence-corrected chi connectivity index (χ1v) is 10.4. The van der Waals surface area contributed by atoms with Gasteiger partial charge in [-0.2, -0.15) is 12.6 Å². The lowest BCUT2D eigenvalue weighted by Gasteiger charge is -2.43. The summed E-state index contributed by atoms with van der Waals surface area (Å²) in [6, 6.07) is 16.7. The Kier molecular flexibility index (Phi) is 8.26. The van der Waals surface area contributed by atoms with Crippen LogP contribution in [-0.2, 0) is 28.5 Å². The van der Waals surface area contributed by atoms with Gasteiger partial charge in [0.05, 0.1) is 16.4 Å². The molecule has 1 saturated heterocycles. The third kappa shape index (κ3) is 5.87. The Morgan fingerprint density at radius 1 is 0.875 bits per heavy atom. The van der Waals surface area contributed by atoms with Gasteiger partial charge in [0.15, 0.2) is 18.5 Å². The van der Waals surface area contributed by atoms with E-state index < -0.39 is 47.8 Å². The number of rotatable bonds is 7. The Morgan fingerprint density at radius 3 is 1.84 bits per heavy atom. The average Bonchev–Trinajstić information content (AvgIpc) is 2.81. The minimum Gasteiger partial charge on any atom is -0.463 e. The van der Waals surface area contributed by atoms with Crippen LogP contribution in [0, 0.1) is 0 Å². The zero-order valence-electron chi connectivity index (χ0n) is 17.6. The maximum Gasteiger partial charge on any atom is 0.338 e. The second kappa shape index (κ2) is 11.1. The van der Waals surface area contributed by atoms with Crippen molar-refractivity contribution < 1.29 is 38.1 Å². The fraction of sp³-hybridized carbons (Fsp3) is 0.348. The van der Waals surface area contributed by atoms with E-state index in [2.05, 4.69) is 12.6 Å². The fourth-order valence-electron chi connectivity index (χ4n) is 3.21. The predicted molar refractivity (Wildman–Crippen MR) is 116 cm³/mol. The number of hydrogen-bond acceptors (Lipinski definition) is 9. The number of ether oxygens (including phenoxy) is 5. The Hall–Kier alpha value is -2.88. The minimum atomic E-state index is -1.11. The largest absolute Gasteiger partial charge is 0.463 e. The summed E-state index contributed by atoms with van der Waals surface area (Å²) in [4.78, 5) is 36.7. The number of methoxy groups -OCH3 is 1. The quantitative estimate of drug-likeness (QED) is 0.383. The fourth-order valence-corrected chi connectivity index (χ4v) is 3.60. The molecule has 5 atom stereocenters. The van der Waals surface area contributed by atoms with Gasteiger partial charge in [0.1, 0.15) is 12.7 Å². The van der Waals surface area contributed by atoms with Gasteiger partial charge in [0, 0.05) is 14.0 Å². The molecule has 0 radical (unpaired) electrons. The minimum absolute atomic E-state index is 0.137. The highest BCUT2D eigenvalue weighted by Gasteiger charge is 2.49. The van der Waals surface area contributed by atoms with Crippen molar-refractivity contribution in [3.05, 3.63) is 71.8 Å². The monoisotopic (exact) mass is 460 g/mol. The zero-order valence-corrected chi connectivity index (χ0v) is 18.5. The van der Waals surface area contributed by atoms with Crippen LogP contribution in [0.3, 0.4) is 0 Å². The molecule has 2 aromatic carbocycles. The molecule has 1 aliphatic heterocycles. The highest BCUT2D eigenvalue weighted by Crippen LogP contribution is 2.31. The number of benzene rings is 2. The molecule has 0 amide bonds. The highest BCUT2D eigenvalue weighted by atomic mass is 32.1. The van der Waals surface area contributed by atoms with Gasteiger partial charge in [0.2, 0.25) is 0 Å². The van der Waals surface area contributed by atoms with Gasteiger partial charge in [-0.15, -0.1) is 0 Å². The van der Waals surface area contributed by atoms with E-state index in [0.717, 1.165) is 0 Å². The lowest BCUT2D eigenvalue weighted by molar-refractivity contribution is -0.259. The van der Waals surface area contributed by atoms with Crippen LogP contribution in [-0.4, -0.2) is 61.5 Å². The van der Waals surface area contributed by atoms with E-state index >= 15 is 0 Å². The van der Waals surface area contributed by atoms with E-state index in [4.69, 9.17) is 23.7 Å². The Bertz CT molecular complexity index is 920. The van der Waals surface area contributed by atoms with E-state index in [-0.39, 0.29) is 6.61 Å². The number of carbonyl (C=O) groups excluding carboxylic acids is 3. The molecular formula is C23H24O8S. The first-order valence-electron chi connectivity index (χ1n) is 9.92. The van der Waals surface area contributed by atoms with Gasteiger partial charge < -0.3 is 23.7 Å². The number of hydrogen-bond donors (Lipinski definition) is 1. The van der Waals surface area contributed by atoms with Crippen molar-refractivity contribution in [1.82, 2.24) is 0 Å². The van der Waals surface area contributed by atoms with Gasteiger partial charge in [-0.3, -0.25) is 4.79 Å². The molecule has 0 aromatic heterocycles. The van der Waals surface area contributed by atoms with Gasteiger partial charge >= 0.3 is 17.9 Å². The summed E-state index contributed by atoms with van der Waals surface area (Å²) >= 11 is 4.55. The topological polar surface area (TPSA) is 97.4 Å². The Balaban J connectivity index is 1.86. The van der Waals surface area contributed by atoms with Crippen molar-refractivity contribution in [3.8, 4) is 0 Å². The lowest BCUT2D eigenvalue weighted by atomic mass is 10.0. The molecule has 32 heavy (non-hydrogen) atoms. The molecule has 2 aromatic rings. The summed E-state index contributed by atoms with van der Waals surface area (Å²) in [5.41, 5.74) is 0.631. The molecule has 0 bridgehead atoms. The molecule has 8 nitrogen and oxygen atoms in total. The van der Waals surface area contributed by atoms with Crippen LogP contribution in [0.5, 0.6) is 0 Å². The van der Waals surface area contributed by atoms with Crippen molar-refractivity contribution in [1.29, 1.82) is 0 Å². The number of thiol groups is 1. The smallest absolute Gasteiger partial charge is 0.338 e. The maximum absolute atomic E-state index is 12.8. The van der Waals surface area contributed by atoms with Crippen LogP contribution in [0.15, 0.2) is 60.7 Å². The molecule has 170 valence electrons. The van der Waals surface area contributed by atoms with Crippen molar-refractivity contribution in [2.24, 2.45) is 0 Å².